The number of hydrogen-bond donors (Lipinski definition) is 2. The molecule has 0 unspecified atom stereocenters. The van der Waals surface area contributed by atoms with Crippen LogP contribution in [-0.4, -0.2) is 66.2 Å². The fourth-order valence-electron chi connectivity index (χ4n) is 2.16. The first-order valence-electron chi connectivity index (χ1n) is 8.60. The lowest BCUT2D eigenvalue weighted by Crippen LogP contribution is -2.50. The minimum absolute atomic E-state index is 0.0207. The summed E-state index contributed by atoms with van der Waals surface area (Å²) in [5, 5.41) is 4.64. The molecule has 0 aromatic carbocycles. The third-order valence-corrected chi connectivity index (χ3v) is 4.57. The molecule has 0 radical (unpaired) electrons. The molecule has 28 heavy (non-hydrogen) atoms. The zero-order chi connectivity index (χ0) is 21.3. The fourth-order valence-corrected chi connectivity index (χ4v) is 2.81. The summed E-state index contributed by atoms with van der Waals surface area (Å²) in [6.45, 7) is 3.88. The largest absolute Gasteiger partial charge is 0.465 e. The second-order valence-electron chi connectivity index (χ2n) is 6.78. The minimum Gasteiger partial charge on any atom is -0.465 e. The highest BCUT2D eigenvalue weighted by Gasteiger charge is 2.40. The van der Waals surface area contributed by atoms with Gasteiger partial charge in [-0.25, -0.2) is 4.79 Å². The van der Waals surface area contributed by atoms with E-state index in [0.717, 1.165) is 18.7 Å². The van der Waals surface area contributed by atoms with E-state index in [0.29, 0.717) is 5.75 Å². The Balaban J connectivity index is 2.98. The normalized spacial score (nSPS) is 22.5. The van der Waals surface area contributed by atoms with E-state index in [-0.39, 0.29) is 32.0 Å². The van der Waals surface area contributed by atoms with Crippen molar-refractivity contribution in [3.8, 4) is 0 Å². The number of carbonyl (C=O) groups is 6. The van der Waals surface area contributed by atoms with Crippen LogP contribution in [0.4, 0.5) is 0 Å². The molecule has 1 aliphatic heterocycles. The van der Waals surface area contributed by atoms with Crippen LogP contribution in [0.2, 0.25) is 0 Å². The van der Waals surface area contributed by atoms with Crippen LogP contribution in [0.3, 0.4) is 0 Å². The molecule has 1 rings (SSSR count). The molecule has 0 aromatic rings. The highest BCUT2D eigenvalue weighted by molar-refractivity contribution is 8.13. The Labute approximate surface area is 166 Å². The number of ketones is 1. The summed E-state index contributed by atoms with van der Waals surface area (Å²) in [6.07, 6.45) is -1.94. The predicted molar refractivity (Wildman–Crippen MR) is 98.0 cm³/mol. The Bertz CT molecular complexity index is 662. The maximum Gasteiger partial charge on any atom is 0.375 e. The van der Waals surface area contributed by atoms with Gasteiger partial charge in [-0.1, -0.05) is 25.6 Å². The molecule has 1 heterocycles. The molecule has 0 aliphatic carbocycles. The van der Waals surface area contributed by atoms with E-state index < -0.39 is 46.7 Å². The van der Waals surface area contributed by atoms with Gasteiger partial charge in [-0.3, -0.25) is 24.0 Å². The van der Waals surface area contributed by atoms with E-state index in [4.69, 9.17) is 9.47 Å². The van der Waals surface area contributed by atoms with Crippen LogP contribution < -0.4 is 10.6 Å². The molecule has 1 fully saturated rings. The van der Waals surface area contributed by atoms with Crippen LogP contribution in [0.5, 0.6) is 0 Å². The molecule has 2 N–H and O–H groups in total. The lowest BCUT2D eigenvalue weighted by Gasteiger charge is -2.32. The summed E-state index contributed by atoms with van der Waals surface area (Å²) in [7, 11) is 0. The standard InChI is InChI=1S/C17H24N2O8S/c1-10(20)16(25)27-14-15(24)19-5-4-11(21)18-6-7-28-13(23)8-12(22)26-9-17(14,2)3/h14H,4-9H2,1-3H3,(H,18,21)(H,19,24)/t14-/m0/s1. The van der Waals surface area contributed by atoms with Crippen molar-refractivity contribution in [2.24, 2.45) is 5.41 Å². The third kappa shape index (κ3) is 8.07. The van der Waals surface area contributed by atoms with Crippen molar-refractivity contribution in [2.45, 2.75) is 39.7 Å². The van der Waals surface area contributed by atoms with Crippen molar-refractivity contribution in [3.63, 3.8) is 0 Å². The van der Waals surface area contributed by atoms with Gasteiger partial charge in [-0.2, -0.15) is 0 Å². The van der Waals surface area contributed by atoms with Gasteiger partial charge in [0, 0.05) is 37.6 Å². The number of ether oxygens (including phenoxy) is 2. The summed E-state index contributed by atoms with van der Waals surface area (Å²) in [5.41, 5.74) is -1.19. The average Bonchev–Trinajstić information content (AvgIpc) is 2.60. The summed E-state index contributed by atoms with van der Waals surface area (Å²) < 4.78 is 10.1. The molecule has 10 nitrogen and oxygen atoms in total. The van der Waals surface area contributed by atoms with Crippen LogP contribution in [0.25, 0.3) is 0 Å². The van der Waals surface area contributed by atoms with Crippen LogP contribution >= 0.6 is 11.8 Å². The quantitative estimate of drug-likeness (QED) is 0.340. The van der Waals surface area contributed by atoms with E-state index in [9.17, 15) is 28.8 Å². The predicted octanol–water partition coefficient (Wildman–Crippen LogP) is -0.657. The topological polar surface area (TPSA) is 145 Å². The Hall–Kier alpha value is -2.43. The van der Waals surface area contributed by atoms with Crippen molar-refractivity contribution in [3.05, 3.63) is 0 Å². The van der Waals surface area contributed by atoms with E-state index in [1.807, 2.05) is 0 Å². The van der Waals surface area contributed by atoms with E-state index in [2.05, 4.69) is 10.6 Å². The minimum atomic E-state index is -1.45. The monoisotopic (exact) mass is 416 g/mol. The smallest absolute Gasteiger partial charge is 0.375 e. The lowest BCUT2D eigenvalue weighted by molar-refractivity contribution is -0.171. The summed E-state index contributed by atoms with van der Waals surface area (Å²) >= 11 is 0.899. The lowest BCUT2D eigenvalue weighted by atomic mass is 9.86. The number of amides is 2. The average molecular weight is 416 g/mol. The molecule has 156 valence electrons. The van der Waals surface area contributed by atoms with Gasteiger partial charge in [0.2, 0.25) is 11.7 Å². The van der Waals surface area contributed by atoms with Crippen LogP contribution in [0.1, 0.15) is 33.6 Å². The summed E-state index contributed by atoms with van der Waals surface area (Å²) in [5.74, 6) is -3.66. The van der Waals surface area contributed by atoms with Gasteiger partial charge in [0.05, 0.1) is 0 Å². The van der Waals surface area contributed by atoms with Gasteiger partial charge in [0.15, 0.2) is 11.2 Å². The van der Waals surface area contributed by atoms with E-state index in [1.54, 1.807) is 0 Å². The molecule has 0 saturated carbocycles. The van der Waals surface area contributed by atoms with Gasteiger partial charge >= 0.3 is 11.9 Å². The fraction of sp³-hybridized carbons (Fsp3) is 0.647. The first kappa shape index (κ1) is 23.6. The summed E-state index contributed by atoms with van der Waals surface area (Å²) in [4.78, 5) is 70.7. The Morgan fingerprint density at radius 3 is 2.46 bits per heavy atom. The number of cyclic esters (lactones) is 1. The number of hydrogen-bond acceptors (Lipinski definition) is 9. The number of Topliss-reactive ketones (excluding diaryl/α,β-unsaturated/α-hetero) is 1. The molecule has 11 heteroatoms. The van der Waals surface area contributed by atoms with E-state index >= 15 is 0 Å². The Morgan fingerprint density at radius 1 is 1.14 bits per heavy atom. The molecular weight excluding hydrogens is 392 g/mol. The molecule has 0 spiro atoms. The van der Waals surface area contributed by atoms with Crippen molar-refractivity contribution in [1.82, 2.24) is 10.6 Å². The zero-order valence-electron chi connectivity index (χ0n) is 16.0. The maximum atomic E-state index is 12.5. The Kier molecular flexibility index (Phi) is 9.10. The number of carbonyl (C=O) groups excluding carboxylic acids is 6. The molecular formula is C17H24N2O8S. The highest BCUT2D eigenvalue weighted by atomic mass is 32.2. The van der Waals surface area contributed by atoms with Gasteiger partial charge in [0.1, 0.15) is 13.0 Å². The molecule has 2 amide bonds. The second kappa shape index (κ2) is 10.8. The molecule has 1 saturated heterocycles. The number of nitrogens with one attached hydrogen (secondary N) is 2. The zero-order valence-corrected chi connectivity index (χ0v) is 16.8. The van der Waals surface area contributed by atoms with E-state index in [1.165, 1.54) is 13.8 Å². The number of thioether (sulfide) groups is 1. The first-order chi connectivity index (χ1) is 13.0. The van der Waals surface area contributed by atoms with Crippen LogP contribution in [0, 0.1) is 5.41 Å². The van der Waals surface area contributed by atoms with Crippen molar-refractivity contribution in [2.75, 3.05) is 25.4 Å². The van der Waals surface area contributed by atoms with Gasteiger partial charge in [-0.15, -0.1) is 0 Å². The first-order valence-corrected chi connectivity index (χ1v) is 9.58. The molecule has 0 aromatic heterocycles. The SMILES string of the molecule is CC(=O)C(=O)O[C@H]1C(=O)NCCC(=O)NCCSC(=O)CC(=O)OCC1(C)C. The van der Waals surface area contributed by atoms with Gasteiger partial charge in [0.25, 0.3) is 5.91 Å². The Morgan fingerprint density at radius 2 is 1.82 bits per heavy atom. The van der Waals surface area contributed by atoms with Crippen molar-refractivity contribution in [1.29, 1.82) is 0 Å². The van der Waals surface area contributed by atoms with Crippen molar-refractivity contribution >= 4 is 46.4 Å². The highest BCUT2D eigenvalue weighted by Crippen LogP contribution is 2.25. The number of esters is 2. The second-order valence-corrected chi connectivity index (χ2v) is 7.93. The molecule has 0 bridgehead atoms. The van der Waals surface area contributed by atoms with Gasteiger partial charge < -0.3 is 20.1 Å². The molecule has 1 aliphatic rings. The van der Waals surface area contributed by atoms with Gasteiger partial charge in [-0.05, 0) is 0 Å². The third-order valence-electron chi connectivity index (χ3n) is 3.69. The number of rotatable bonds is 2. The molecule has 1 atom stereocenters. The van der Waals surface area contributed by atoms with Crippen molar-refractivity contribution < 1.29 is 38.2 Å². The van der Waals surface area contributed by atoms with Crippen LogP contribution in [-0.2, 0) is 38.2 Å². The maximum absolute atomic E-state index is 12.5. The summed E-state index contributed by atoms with van der Waals surface area (Å²) in [6, 6.07) is 0. The van der Waals surface area contributed by atoms with Crippen LogP contribution in [0.15, 0.2) is 0 Å².